The second-order valence-electron chi connectivity index (χ2n) is 9.42. The average molecular weight is 673 g/mol. The van der Waals surface area contributed by atoms with E-state index in [1.807, 2.05) is 28.4 Å². The molecule has 0 aliphatic heterocycles. The van der Waals surface area contributed by atoms with Gasteiger partial charge in [-0.1, -0.05) is 69.2 Å². The van der Waals surface area contributed by atoms with Crippen LogP contribution in [-0.4, -0.2) is 45.4 Å². The van der Waals surface area contributed by atoms with Gasteiger partial charge in [0.05, 0.1) is 0 Å². The van der Waals surface area contributed by atoms with Gasteiger partial charge in [0.25, 0.3) is 0 Å². The zero-order chi connectivity index (χ0) is 25.8. The summed E-state index contributed by atoms with van der Waals surface area (Å²) in [6.45, 7) is 26.4. The Bertz CT molecular complexity index is 619. The van der Waals surface area contributed by atoms with E-state index in [1.165, 1.54) is 72.8 Å². The Labute approximate surface area is 249 Å². The van der Waals surface area contributed by atoms with E-state index in [1.54, 1.807) is 7.11 Å². The standard InChI is InChI=1S/C10H12OSeTe.2C10H15.Ti/c1-6(2)7-4-5-8(11-3)10(13)9(7)12;2*1-6-7(2)9(4)10(5)8(6)3;/h4-6H,1-3H3;2*1-5H3;. The summed E-state index contributed by atoms with van der Waals surface area (Å²) in [4.78, 5) is 0. The molecule has 12 radical (unpaired) electrons. The first kappa shape index (κ1) is 35.0. The molecule has 184 valence electrons. The molecule has 0 atom stereocenters. The number of methoxy groups -OCH3 is 1. The number of hydrogen-bond donors (Lipinski definition) is 0. The van der Waals surface area contributed by atoms with E-state index in [4.69, 9.17) is 4.74 Å². The molecule has 1 aromatic rings. The van der Waals surface area contributed by atoms with Gasteiger partial charge in [0.1, 0.15) is 0 Å². The van der Waals surface area contributed by atoms with Crippen molar-refractivity contribution in [1.82, 2.24) is 0 Å². The molecule has 2 fully saturated rings. The second-order valence-corrected chi connectivity index (χ2v) is 11.4. The van der Waals surface area contributed by atoms with Crippen molar-refractivity contribution in [1.29, 1.82) is 0 Å². The third-order valence-electron chi connectivity index (χ3n) is 7.57. The molecule has 3 rings (SSSR count). The molecule has 0 spiro atoms. The predicted molar refractivity (Wildman–Crippen MR) is 147 cm³/mol. The van der Waals surface area contributed by atoms with Crippen molar-refractivity contribution >= 4 is 46.4 Å². The molecular formula is C30H42OSeTeTi. The Balaban J connectivity index is 0.000000479. The Hall–Kier alpha value is 1.04. The monoisotopic (exact) mass is 676 g/mol. The molecule has 0 saturated heterocycles. The van der Waals surface area contributed by atoms with E-state index in [0.29, 0.717) is 5.92 Å². The SMILES string of the molecule is COc1ccc(C(C)C)c([Se])c1[Te].C[C]1[C](C)[C](C)[C](C)[C]1C.C[C]1[C](C)[C](C)[C](C)[C]1C.[Ti]. The van der Waals surface area contributed by atoms with E-state index in [0.717, 1.165) is 5.75 Å². The summed E-state index contributed by atoms with van der Waals surface area (Å²) in [5.41, 5.74) is 1.36. The Morgan fingerprint density at radius 1 is 0.618 bits per heavy atom. The summed E-state index contributed by atoms with van der Waals surface area (Å²) < 4.78 is 7.69. The topological polar surface area (TPSA) is 9.23 Å². The van der Waals surface area contributed by atoms with Gasteiger partial charge in [-0.2, -0.15) is 0 Å². The minimum absolute atomic E-state index is 0. The second kappa shape index (κ2) is 15.5. The summed E-state index contributed by atoms with van der Waals surface area (Å²) in [6, 6.07) is 4.16. The molecule has 1 aromatic carbocycles. The summed E-state index contributed by atoms with van der Waals surface area (Å²) >= 11 is 5.12. The van der Waals surface area contributed by atoms with Gasteiger partial charge in [0, 0.05) is 21.7 Å². The fourth-order valence-corrected chi connectivity index (χ4v) is 5.60. The molecule has 0 heterocycles. The number of hydrogen-bond acceptors (Lipinski definition) is 1. The van der Waals surface area contributed by atoms with Crippen LogP contribution in [0.4, 0.5) is 0 Å². The summed E-state index contributed by atoms with van der Waals surface area (Å²) in [7, 11) is 1.71. The van der Waals surface area contributed by atoms with E-state index >= 15 is 0 Å². The van der Waals surface area contributed by atoms with Crippen LogP contribution in [0.25, 0.3) is 0 Å². The first-order chi connectivity index (χ1) is 15.2. The number of ether oxygens (including phenoxy) is 1. The largest absolute Gasteiger partial charge is 0.0579 e. The van der Waals surface area contributed by atoms with Crippen LogP contribution < -0.4 is 12.8 Å². The van der Waals surface area contributed by atoms with Crippen LogP contribution in [0, 0.1) is 59.2 Å². The van der Waals surface area contributed by atoms with Gasteiger partial charge in [-0.05, 0) is 59.2 Å². The van der Waals surface area contributed by atoms with Crippen LogP contribution in [0.15, 0.2) is 12.1 Å². The normalized spacial score (nSPS) is 20.8. The van der Waals surface area contributed by atoms with E-state index in [-0.39, 0.29) is 21.7 Å². The van der Waals surface area contributed by atoms with Gasteiger partial charge in [-0.15, -0.1) is 0 Å². The molecule has 0 N–H and O–H groups in total. The third kappa shape index (κ3) is 8.27. The Morgan fingerprint density at radius 2 is 0.882 bits per heavy atom. The number of benzene rings is 1. The zero-order valence-corrected chi connectivity index (χ0v) is 29.1. The van der Waals surface area contributed by atoms with Gasteiger partial charge in [-0.3, -0.25) is 0 Å². The number of rotatable bonds is 2. The van der Waals surface area contributed by atoms with Crippen LogP contribution in [0.1, 0.15) is 94.6 Å². The van der Waals surface area contributed by atoms with Crippen molar-refractivity contribution in [2.45, 2.75) is 89.0 Å². The van der Waals surface area contributed by atoms with Crippen LogP contribution in [0.5, 0.6) is 5.75 Å². The van der Waals surface area contributed by atoms with Gasteiger partial charge < -0.3 is 0 Å². The summed E-state index contributed by atoms with van der Waals surface area (Å²) in [5.74, 6) is 16.2. The maximum absolute atomic E-state index is 5.24. The van der Waals surface area contributed by atoms with Gasteiger partial charge in [0.2, 0.25) is 0 Å². The molecule has 2 saturated carbocycles. The van der Waals surface area contributed by atoms with E-state index in [9.17, 15) is 0 Å². The van der Waals surface area contributed by atoms with Crippen molar-refractivity contribution in [2.24, 2.45) is 0 Å². The van der Waals surface area contributed by atoms with Gasteiger partial charge >= 0.3 is 101 Å². The minimum atomic E-state index is 0. The molecule has 34 heavy (non-hydrogen) atoms. The fourth-order valence-electron chi connectivity index (χ4n) is 3.99. The van der Waals surface area contributed by atoms with Gasteiger partial charge in [0.15, 0.2) is 0 Å². The minimum Gasteiger partial charge on any atom is -0.0579 e. The quantitative estimate of drug-likeness (QED) is 0.333. The molecule has 1 nitrogen and oxygen atoms in total. The molecule has 2 aliphatic rings. The first-order valence-electron chi connectivity index (χ1n) is 11.6. The van der Waals surface area contributed by atoms with Crippen LogP contribution in [-0.2, 0) is 21.7 Å². The molecule has 2 aliphatic carbocycles. The van der Waals surface area contributed by atoms with Crippen molar-refractivity contribution in [3.63, 3.8) is 0 Å². The average Bonchev–Trinajstić information content (AvgIpc) is 3.06. The fraction of sp³-hybridized carbons (Fsp3) is 0.467. The molecule has 0 amide bonds. The van der Waals surface area contributed by atoms with Crippen LogP contribution in [0.2, 0.25) is 0 Å². The Kier molecular flexibility index (Phi) is 15.9. The maximum Gasteiger partial charge on any atom is 0 e. The van der Waals surface area contributed by atoms with Crippen molar-refractivity contribution in [2.75, 3.05) is 7.11 Å². The van der Waals surface area contributed by atoms with Gasteiger partial charge in [-0.25, -0.2) is 0 Å². The van der Waals surface area contributed by atoms with Crippen molar-refractivity contribution < 1.29 is 26.5 Å². The van der Waals surface area contributed by atoms with E-state index in [2.05, 4.69) is 105 Å². The van der Waals surface area contributed by atoms with Crippen molar-refractivity contribution in [3.05, 3.63) is 76.9 Å². The molecular weight excluding hydrogens is 631 g/mol. The summed E-state index contributed by atoms with van der Waals surface area (Å²) in [6.07, 6.45) is 0. The molecule has 0 unspecified atom stereocenters. The van der Waals surface area contributed by atoms with E-state index < -0.39 is 0 Å². The maximum atomic E-state index is 5.24. The molecule has 0 bridgehead atoms. The van der Waals surface area contributed by atoms with Crippen LogP contribution >= 0.6 is 0 Å². The molecule has 4 heteroatoms. The molecule has 0 aromatic heterocycles. The smallest absolute Gasteiger partial charge is 0 e. The van der Waals surface area contributed by atoms with Crippen molar-refractivity contribution in [3.8, 4) is 5.75 Å². The predicted octanol–water partition coefficient (Wildman–Crippen LogP) is 6.35. The summed E-state index contributed by atoms with van der Waals surface area (Å²) in [5, 5.41) is 0. The zero-order valence-electron chi connectivity index (χ0n) is 23.5. The van der Waals surface area contributed by atoms with Crippen LogP contribution in [0.3, 0.4) is 0 Å². The first-order valence-corrected chi connectivity index (χ1v) is 13.6. The third-order valence-corrected chi connectivity index (χ3v) is 10.6. The Morgan fingerprint density at radius 3 is 1.09 bits per heavy atom.